The largest absolute Gasteiger partial charge is 0.356 e. The molecule has 1 aliphatic carbocycles. The second kappa shape index (κ2) is 10.3. The average Bonchev–Trinajstić information content (AvgIpc) is 2.75. The number of amides is 2. The van der Waals surface area contributed by atoms with E-state index in [2.05, 4.69) is 5.32 Å². The average molecular weight is 399 g/mol. The van der Waals surface area contributed by atoms with Crippen molar-refractivity contribution in [1.29, 1.82) is 0 Å². The summed E-state index contributed by atoms with van der Waals surface area (Å²) in [4.78, 5) is 27.1. The van der Waals surface area contributed by atoms with Crippen LogP contribution < -0.4 is 10.2 Å². The van der Waals surface area contributed by atoms with Crippen LogP contribution in [0.15, 0.2) is 54.6 Å². The van der Waals surface area contributed by atoms with E-state index >= 15 is 0 Å². The third-order valence-corrected chi connectivity index (χ3v) is 5.49. The van der Waals surface area contributed by atoms with E-state index in [0.29, 0.717) is 30.1 Å². The fourth-order valence-electron chi connectivity index (χ4n) is 3.66. The normalized spacial score (nSPS) is 14.5. The van der Waals surface area contributed by atoms with Gasteiger partial charge in [0.25, 0.3) is 5.91 Å². The highest BCUT2D eigenvalue weighted by Crippen LogP contribution is 2.23. The lowest BCUT2D eigenvalue weighted by Crippen LogP contribution is -2.36. The molecule has 4 nitrogen and oxygen atoms in total. The molecule has 1 N–H and O–H groups in total. The van der Waals surface area contributed by atoms with Gasteiger partial charge in [0.1, 0.15) is 0 Å². The Morgan fingerprint density at radius 3 is 2.32 bits per heavy atom. The van der Waals surface area contributed by atoms with Crippen molar-refractivity contribution in [2.45, 2.75) is 38.5 Å². The zero-order valence-corrected chi connectivity index (χ0v) is 16.8. The standard InChI is InChI=1S/C23H27ClN2O2/c24-20-14-12-19(13-15-20)23(28)26(21-10-5-2-6-11-21)17-7-16-25-22(27)18-8-3-1-4-9-18/h2,5-6,10-15,18H,1,3-4,7-9,16-17H2,(H,25,27). The monoisotopic (exact) mass is 398 g/mol. The highest BCUT2D eigenvalue weighted by molar-refractivity contribution is 6.30. The zero-order valence-electron chi connectivity index (χ0n) is 16.1. The van der Waals surface area contributed by atoms with Crippen LogP contribution in [0.25, 0.3) is 0 Å². The highest BCUT2D eigenvalue weighted by Gasteiger charge is 2.21. The number of para-hydroxylation sites is 1. The first kappa shape index (κ1) is 20.4. The Hall–Kier alpha value is -2.33. The van der Waals surface area contributed by atoms with Gasteiger partial charge in [-0.05, 0) is 55.7 Å². The van der Waals surface area contributed by atoms with Crippen LogP contribution in [0.4, 0.5) is 5.69 Å². The Balaban J connectivity index is 1.59. The first-order chi connectivity index (χ1) is 13.6. The molecular formula is C23H27ClN2O2. The topological polar surface area (TPSA) is 49.4 Å². The molecule has 0 spiro atoms. The summed E-state index contributed by atoms with van der Waals surface area (Å²) in [6.45, 7) is 1.11. The Labute approximate surface area is 171 Å². The van der Waals surface area contributed by atoms with Crippen molar-refractivity contribution >= 4 is 29.1 Å². The number of nitrogens with one attached hydrogen (secondary N) is 1. The van der Waals surface area contributed by atoms with Gasteiger partial charge in [-0.2, -0.15) is 0 Å². The maximum Gasteiger partial charge on any atom is 0.258 e. The predicted molar refractivity (Wildman–Crippen MR) is 114 cm³/mol. The number of benzene rings is 2. The molecule has 1 aliphatic rings. The molecule has 0 aromatic heterocycles. The lowest BCUT2D eigenvalue weighted by Gasteiger charge is -2.24. The number of carbonyl (C=O) groups is 2. The van der Waals surface area contributed by atoms with Gasteiger partial charge < -0.3 is 10.2 Å². The summed E-state index contributed by atoms with van der Waals surface area (Å²) >= 11 is 5.94. The summed E-state index contributed by atoms with van der Waals surface area (Å²) in [5.41, 5.74) is 1.44. The second-order valence-corrected chi connectivity index (χ2v) is 7.72. The van der Waals surface area contributed by atoms with E-state index < -0.39 is 0 Å². The molecule has 2 amide bonds. The highest BCUT2D eigenvalue weighted by atomic mass is 35.5. The molecule has 28 heavy (non-hydrogen) atoms. The fraction of sp³-hybridized carbons (Fsp3) is 0.391. The molecular weight excluding hydrogens is 372 g/mol. The van der Waals surface area contributed by atoms with E-state index in [9.17, 15) is 9.59 Å². The molecule has 5 heteroatoms. The molecule has 148 valence electrons. The number of halogens is 1. The SMILES string of the molecule is O=C(NCCCN(C(=O)c1ccc(Cl)cc1)c1ccccc1)C1CCCCC1. The molecule has 3 rings (SSSR count). The van der Waals surface area contributed by atoms with Crippen molar-refractivity contribution in [3.63, 3.8) is 0 Å². The third kappa shape index (κ3) is 5.59. The lowest BCUT2D eigenvalue weighted by atomic mass is 9.89. The molecule has 0 saturated heterocycles. The number of nitrogens with zero attached hydrogens (tertiary/aromatic N) is 1. The van der Waals surface area contributed by atoms with Crippen LogP contribution in [0.1, 0.15) is 48.9 Å². The van der Waals surface area contributed by atoms with Gasteiger partial charge in [-0.15, -0.1) is 0 Å². The smallest absolute Gasteiger partial charge is 0.258 e. The molecule has 1 saturated carbocycles. The van der Waals surface area contributed by atoms with Crippen molar-refractivity contribution in [3.8, 4) is 0 Å². The summed E-state index contributed by atoms with van der Waals surface area (Å²) in [5.74, 6) is 0.256. The van der Waals surface area contributed by atoms with Gasteiger partial charge in [-0.25, -0.2) is 0 Å². The predicted octanol–water partition coefficient (Wildman–Crippen LogP) is 5.07. The fourth-order valence-corrected chi connectivity index (χ4v) is 3.79. The molecule has 0 unspecified atom stereocenters. The van der Waals surface area contributed by atoms with Crippen LogP contribution in [-0.4, -0.2) is 24.9 Å². The van der Waals surface area contributed by atoms with Crippen molar-refractivity contribution in [1.82, 2.24) is 5.32 Å². The molecule has 2 aromatic carbocycles. The van der Waals surface area contributed by atoms with Gasteiger partial charge in [0.2, 0.25) is 5.91 Å². The summed E-state index contributed by atoms with van der Waals surface area (Å²) in [5, 5.41) is 3.66. The summed E-state index contributed by atoms with van der Waals surface area (Å²) in [7, 11) is 0. The number of anilines is 1. The quantitative estimate of drug-likeness (QED) is 0.661. The van der Waals surface area contributed by atoms with E-state index in [1.165, 1.54) is 6.42 Å². The van der Waals surface area contributed by atoms with Crippen LogP contribution >= 0.6 is 11.6 Å². The Bertz CT molecular complexity index is 771. The maximum absolute atomic E-state index is 13.0. The molecule has 0 radical (unpaired) electrons. The van der Waals surface area contributed by atoms with Gasteiger partial charge in [0, 0.05) is 35.3 Å². The van der Waals surface area contributed by atoms with Crippen molar-refractivity contribution in [2.24, 2.45) is 5.92 Å². The van der Waals surface area contributed by atoms with Crippen LogP contribution in [0.5, 0.6) is 0 Å². The third-order valence-electron chi connectivity index (χ3n) is 5.24. The molecule has 0 heterocycles. The first-order valence-electron chi connectivity index (χ1n) is 10.1. The van der Waals surface area contributed by atoms with E-state index in [1.54, 1.807) is 29.2 Å². The minimum absolute atomic E-state index is 0.0681. The number of carbonyl (C=O) groups excluding carboxylic acids is 2. The number of hydrogen-bond donors (Lipinski definition) is 1. The van der Waals surface area contributed by atoms with Crippen LogP contribution in [0.3, 0.4) is 0 Å². The number of hydrogen-bond acceptors (Lipinski definition) is 2. The lowest BCUT2D eigenvalue weighted by molar-refractivity contribution is -0.125. The van der Waals surface area contributed by atoms with Gasteiger partial charge >= 0.3 is 0 Å². The number of rotatable bonds is 7. The van der Waals surface area contributed by atoms with Crippen LogP contribution in [0, 0.1) is 5.92 Å². The summed E-state index contributed by atoms with van der Waals surface area (Å²) in [6, 6.07) is 16.5. The summed E-state index contributed by atoms with van der Waals surface area (Å²) < 4.78 is 0. The summed E-state index contributed by atoms with van der Waals surface area (Å²) in [6.07, 6.45) is 6.23. The minimum atomic E-state index is -0.0681. The van der Waals surface area contributed by atoms with Crippen molar-refractivity contribution in [3.05, 3.63) is 65.2 Å². The second-order valence-electron chi connectivity index (χ2n) is 7.28. The van der Waals surface area contributed by atoms with E-state index in [0.717, 1.165) is 31.4 Å². The minimum Gasteiger partial charge on any atom is -0.356 e. The maximum atomic E-state index is 13.0. The van der Waals surface area contributed by atoms with Gasteiger partial charge in [-0.3, -0.25) is 9.59 Å². The van der Waals surface area contributed by atoms with E-state index in [1.807, 2.05) is 30.3 Å². The molecule has 2 aromatic rings. The van der Waals surface area contributed by atoms with Crippen molar-refractivity contribution < 1.29 is 9.59 Å². The van der Waals surface area contributed by atoms with Crippen LogP contribution in [-0.2, 0) is 4.79 Å². The molecule has 0 atom stereocenters. The van der Waals surface area contributed by atoms with Crippen LogP contribution in [0.2, 0.25) is 5.02 Å². The molecule has 0 bridgehead atoms. The van der Waals surface area contributed by atoms with E-state index in [-0.39, 0.29) is 17.7 Å². The van der Waals surface area contributed by atoms with Gasteiger partial charge in [0.15, 0.2) is 0 Å². The Morgan fingerprint density at radius 2 is 1.64 bits per heavy atom. The van der Waals surface area contributed by atoms with Crippen molar-refractivity contribution in [2.75, 3.05) is 18.0 Å². The van der Waals surface area contributed by atoms with E-state index in [4.69, 9.17) is 11.6 Å². The zero-order chi connectivity index (χ0) is 19.8. The Morgan fingerprint density at radius 1 is 0.964 bits per heavy atom. The molecule has 1 fully saturated rings. The first-order valence-corrected chi connectivity index (χ1v) is 10.4. The van der Waals surface area contributed by atoms with Gasteiger partial charge in [0.05, 0.1) is 0 Å². The Kier molecular flexibility index (Phi) is 7.49. The molecule has 0 aliphatic heterocycles. The van der Waals surface area contributed by atoms with Gasteiger partial charge in [-0.1, -0.05) is 49.1 Å².